The van der Waals surface area contributed by atoms with Crippen LogP contribution in [0.3, 0.4) is 0 Å². The van der Waals surface area contributed by atoms with E-state index in [2.05, 4.69) is 11.0 Å². The average Bonchev–Trinajstić information content (AvgIpc) is 3.55. The first-order chi connectivity index (χ1) is 18.2. The molecule has 0 aromatic heterocycles. The van der Waals surface area contributed by atoms with Gasteiger partial charge in [0.1, 0.15) is 0 Å². The van der Waals surface area contributed by atoms with Crippen LogP contribution in [0.1, 0.15) is 87.2 Å². The quantitative estimate of drug-likeness (QED) is 0.469. The maximum absolute atomic E-state index is 13.8. The minimum Gasteiger partial charge on any atom is -0.448 e. The fourth-order valence-electron chi connectivity index (χ4n) is 7.41. The molecule has 6 nitrogen and oxygen atoms in total. The molecule has 0 N–H and O–H groups in total. The first-order valence-electron chi connectivity index (χ1n) is 14.3. The van der Waals surface area contributed by atoms with Crippen molar-refractivity contribution in [3.05, 3.63) is 44.5 Å². The number of amides is 1. The largest absolute Gasteiger partial charge is 0.448 e. The van der Waals surface area contributed by atoms with Crippen molar-refractivity contribution in [2.75, 3.05) is 26.2 Å². The van der Waals surface area contributed by atoms with E-state index in [1.807, 2.05) is 27.7 Å². The number of hydrogen-bond acceptors (Lipinski definition) is 5. The van der Waals surface area contributed by atoms with Crippen LogP contribution in [0.5, 0.6) is 11.5 Å². The molecule has 1 amide bonds. The van der Waals surface area contributed by atoms with Gasteiger partial charge in [0.05, 0.1) is 10.6 Å². The summed E-state index contributed by atoms with van der Waals surface area (Å²) in [5.74, 6) is 0.718. The lowest BCUT2D eigenvalue weighted by molar-refractivity contribution is -0.123. The molecule has 3 aliphatic heterocycles. The molecule has 204 valence electrons. The summed E-state index contributed by atoms with van der Waals surface area (Å²) in [6, 6.07) is 0.677. The summed E-state index contributed by atoms with van der Waals surface area (Å²) in [6.45, 7) is 11.2. The number of ether oxygens (including phenoxy) is 2. The second-order valence-electron chi connectivity index (χ2n) is 12.1. The molecule has 0 bridgehead atoms. The number of benzene rings is 1. The first kappa shape index (κ1) is 25.9. The van der Waals surface area contributed by atoms with Gasteiger partial charge in [0.2, 0.25) is 0 Å². The number of allylic oxidation sites excluding steroid dienone is 3. The standard InChI is InChI=1S/C31H39ClN2O4/c1-18-15-19(2)24(25(35)16-18)17-34-14-11-23-26(30(34)36)20(3)28-29(27(23)32)38-31(4,37-28)21-7-9-22(10-8-21)33-12-5-6-13-33/h15,21-22H,5-14,16-17H2,1-4H3. The van der Waals surface area contributed by atoms with Gasteiger partial charge < -0.3 is 19.3 Å². The Hall–Kier alpha value is -2.31. The lowest BCUT2D eigenvalue weighted by Gasteiger charge is -2.39. The van der Waals surface area contributed by atoms with Gasteiger partial charge >= 0.3 is 0 Å². The van der Waals surface area contributed by atoms with Crippen LogP contribution < -0.4 is 9.47 Å². The number of fused-ring (bicyclic) bond motifs is 2. The number of carbonyl (C=O) groups is 2. The number of Topliss-reactive ketones (excluding diaryl/α,β-unsaturated/α-hetero) is 1. The minimum atomic E-state index is -0.778. The highest BCUT2D eigenvalue weighted by Gasteiger charge is 2.49. The predicted molar refractivity (Wildman–Crippen MR) is 148 cm³/mol. The van der Waals surface area contributed by atoms with Crippen LogP contribution in [0.2, 0.25) is 5.02 Å². The normalized spacial score (nSPS) is 29.7. The zero-order chi connectivity index (χ0) is 26.8. The van der Waals surface area contributed by atoms with Crippen LogP contribution in [0.15, 0.2) is 22.8 Å². The van der Waals surface area contributed by atoms with E-state index in [1.165, 1.54) is 38.8 Å². The molecule has 1 unspecified atom stereocenters. The number of hydrogen-bond donors (Lipinski definition) is 0. The molecule has 2 aliphatic carbocycles. The molecule has 1 aromatic carbocycles. The Kier molecular flexibility index (Phi) is 6.63. The van der Waals surface area contributed by atoms with Crippen LogP contribution >= 0.6 is 11.6 Å². The first-order valence-corrected chi connectivity index (χ1v) is 14.7. The number of carbonyl (C=O) groups excluding carboxylic acids is 2. The van der Waals surface area contributed by atoms with Crippen molar-refractivity contribution in [3.63, 3.8) is 0 Å². The Balaban J connectivity index is 1.23. The zero-order valence-corrected chi connectivity index (χ0v) is 23.9. The molecule has 0 radical (unpaired) electrons. The Morgan fingerprint density at radius 3 is 2.37 bits per heavy atom. The van der Waals surface area contributed by atoms with E-state index in [0.717, 1.165) is 40.7 Å². The zero-order valence-electron chi connectivity index (χ0n) is 23.1. The second-order valence-corrected chi connectivity index (χ2v) is 12.5. The molecular weight excluding hydrogens is 500 g/mol. The average molecular weight is 539 g/mol. The highest BCUT2D eigenvalue weighted by Crippen LogP contribution is 2.54. The van der Waals surface area contributed by atoms with E-state index in [-0.39, 0.29) is 17.6 Å². The van der Waals surface area contributed by atoms with Crippen molar-refractivity contribution < 1.29 is 19.1 Å². The molecule has 7 heteroatoms. The van der Waals surface area contributed by atoms with E-state index in [0.29, 0.717) is 54.1 Å². The summed E-state index contributed by atoms with van der Waals surface area (Å²) in [6.07, 6.45) is 10.2. The van der Waals surface area contributed by atoms with Crippen LogP contribution in [-0.4, -0.2) is 59.5 Å². The third-order valence-electron chi connectivity index (χ3n) is 9.59. The van der Waals surface area contributed by atoms with Crippen molar-refractivity contribution >= 4 is 23.3 Å². The summed E-state index contributed by atoms with van der Waals surface area (Å²) in [4.78, 5) is 31.0. The fourth-order valence-corrected chi connectivity index (χ4v) is 7.72. The van der Waals surface area contributed by atoms with Gasteiger partial charge in [0, 0.05) is 49.5 Å². The van der Waals surface area contributed by atoms with Gasteiger partial charge in [-0.05, 0) is 89.9 Å². The molecule has 1 saturated carbocycles. The van der Waals surface area contributed by atoms with Crippen molar-refractivity contribution in [2.24, 2.45) is 5.92 Å². The third-order valence-corrected chi connectivity index (χ3v) is 9.99. The maximum Gasteiger partial charge on any atom is 0.254 e. The van der Waals surface area contributed by atoms with E-state index in [1.54, 1.807) is 4.90 Å². The van der Waals surface area contributed by atoms with Gasteiger partial charge in [-0.3, -0.25) is 9.59 Å². The number of nitrogens with zero attached hydrogens (tertiary/aromatic N) is 2. The highest BCUT2D eigenvalue weighted by atomic mass is 35.5. The number of rotatable bonds is 4. The van der Waals surface area contributed by atoms with E-state index in [9.17, 15) is 9.59 Å². The van der Waals surface area contributed by atoms with Gasteiger partial charge in [-0.1, -0.05) is 23.3 Å². The van der Waals surface area contributed by atoms with Crippen molar-refractivity contribution in [2.45, 2.75) is 90.9 Å². The summed E-state index contributed by atoms with van der Waals surface area (Å²) in [5, 5.41) is 0.505. The van der Waals surface area contributed by atoms with Crippen LogP contribution in [0, 0.1) is 12.8 Å². The Morgan fingerprint density at radius 1 is 1.00 bits per heavy atom. The van der Waals surface area contributed by atoms with Gasteiger partial charge in [0.25, 0.3) is 11.7 Å². The Morgan fingerprint density at radius 2 is 1.68 bits per heavy atom. The lowest BCUT2D eigenvalue weighted by Crippen LogP contribution is -2.47. The molecule has 1 saturated heterocycles. The van der Waals surface area contributed by atoms with E-state index in [4.69, 9.17) is 21.1 Å². The molecule has 5 aliphatic rings. The van der Waals surface area contributed by atoms with Gasteiger partial charge in [0.15, 0.2) is 17.3 Å². The lowest BCUT2D eigenvalue weighted by atomic mass is 9.81. The highest BCUT2D eigenvalue weighted by molar-refractivity contribution is 6.34. The summed E-state index contributed by atoms with van der Waals surface area (Å²) >= 11 is 6.93. The Bertz CT molecular complexity index is 1250. The monoisotopic (exact) mass is 538 g/mol. The number of likely N-dealkylation sites (tertiary alicyclic amines) is 1. The molecule has 3 heterocycles. The Labute approximate surface area is 231 Å². The van der Waals surface area contributed by atoms with Crippen LogP contribution in [0.25, 0.3) is 0 Å². The van der Waals surface area contributed by atoms with E-state index >= 15 is 0 Å². The molecular formula is C31H39ClN2O4. The summed E-state index contributed by atoms with van der Waals surface area (Å²) in [7, 11) is 0. The number of ketones is 1. The van der Waals surface area contributed by atoms with Gasteiger partial charge in [-0.15, -0.1) is 0 Å². The smallest absolute Gasteiger partial charge is 0.254 e. The summed E-state index contributed by atoms with van der Waals surface area (Å²) in [5.41, 5.74) is 4.99. The number of halogens is 1. The van der Waals surface area contributed by atoms with Crippen LogP contribution in [0.4, 0.5) is 0 Å². The molecule has 6 rings (SSSR count). The SMILES string of the molecule is CC1=CC(C)=C(CN2CCc3c(Cl)c4c(c(C)c3C2=O)OC(C)(C2CCC(N3CCCC3)CC2)O4)C(=O)C1. The molecule has 1 aromatic rings. The van der Waals surface area contributed by atoms with Gasteiger partial charge in [-0.2, -0.15) is 0 Å². The van der Waals surface area contributed by atoms with Gasteiger partial charge in [-0.25, -0.2) is 0 Å². The van der Waals surface area contributed by atoms with E-state index < -0.39 is 5.79 Å². The fraction of sp³-hybridized carbons (Fsp3) is 0.613. The van der Waals surface area contributed by atoms with Crippen molar-refractivity contribution in [1.29, 1.82) is 0 Å². The van der Waals surface area contributed by atoms with Crippen molar-refractivity contribution in [1.82, 2.24) is 9.80 Å². The molecule has 0 spiro atoms. The molecule has 1 atom stereocenters. The molecule has 38 heavy (non-hydrogen) atoms. The summed E-state index contributed by atoms with van der Waals surface area (Å²) < 4.78 is 13.1. The minimum absolute atomic E-state index is 0.0869. The van der Waals surface area contributed by atoms with Crippen molar-refractivity contribution in [3.8, 4) is 11.5 Å². The third kappa shape index (κ3) is 4.28. The maximum atomic E-state index is 13.8. The topological polar surface area (TPSA) is 59.1 Å². The second kappa shape index (κ2) is 9.71. The predicted octanol–water partition coefficient (Wildman–Crippen LogP) is 6.02. The molecule has 2 fully saturated rings. The van der Waals surface area contributed by atoms with Crippen LogP contribution in [-0.2, 0) is 11.2 Å².